The first-order valence-electron chi connectivity index (χ1n) is 7.94. The Bertz CT molecular complexity index is 1090. The van der Waals surface area contributed by atoms with Crippen molar-refractivity contribution in [2.75, 3.05) is 0 Å². The van der Waals surface area contributed by atoms with Gasteiger partial charge in [-0.05, 0) is 36.1 Å². The van der Waals surface area contributed by atoms with E-state index >= 15 is 0 Å². The number of thiophene rings is 2. The standard InChI is InChI=1S/C20H15NO3S2/c1-12-4-6-13(7-5-12)14(15-3-2-9-24-15)11-21-20(23)19-17(22)18-16(26-19)8-10-25-18/h2-11,22H,1H3,(H,21,23). The van der Waals surface area contributed by atoms with Gasteiger partial charge in [0.25, 0.3) is 5.91 Å². The van der Waals surface area contributed by atoms with Crippen LogP contribution in [0.3, 0.4) is 0 Å². The number of furan rings is 1. The molecule has 4 nitrogen and oxygen atoms in total. The van der Waals surface area contributed by atoms with Crippen LogP contribution in [0.4, 0.5) is 0 Å². The highest BCUT2D eigenvalue weighted by molar-refractivity contribution is 7.28. The van der Waals surface area contributed by atoms with Crippen LogP contribution in [0.5, 0.6) is 5.75 Å². The van der Waals surface area contributed by atoms with Gasteiger partial charge in [-0.15, -0.1) is 22.7 Å². The molecule has 4 rings (SSSR count). The summed E-state index contributed by atoms with van der Waals surface area (Å²) in [6.45, 7) is 2.02. The molecule has 0 aliphatic rings. The Hall–Kier alpha value is -2.83. The van der Waals surface area contributed by atoms with Crippen molar-refractivity contribution in [2.45, 2.75) is 6.92 Å². The molecule has 0 spiro atoms. The van der Waals surface area contributed by atoms with Crippen molar-refractivity contribution in [3.63, 3.8) is 0 Å². The molecular formula is C20H15NO3S2. The van der Waals surface area contributed by atoms with Gasteiger partial charge in [0.2, 0.25) is 0 Å². The van der Waals surface area contributed by atoms with E-state index in [4.69, 9.17) is 4.42 Å². The Kier molecular flexibility index (Phi) is 4.36. The minimum absolute atomic E-state index is 0.0424. The van der Waals surface area contributed by atoms with E-state index in [0.717, 1.165) is 26.1 Å². The molecule has 0 fully saturated rings. The number of rotatable bonds is 4. The van der Waals surface area contributed by atoms with Crippen molar-refractivity contribution in [1.29, 1.82) is 0 Å². The Balaban J connectivity index is 1.66. The summed E-state index contributed by atoms with van der Waals surface area (Å²) in [7, 11) is 0. The Morgan fingerprint density at radius 1 is 1.19 bits per heavy atom. The number of nitrogens with one attached hydrogen (secondary N) is 1. The molecule has 3 aromatic heterocycles. The largest absolute Gasteiger partial charge is 0.505 e. The average molecular weight is 381 g/mol. The first kappa shape index (κ1) is 16.6. The number of carbonyl (C=O) groups excluding carboxylic acids is 1. The molecule has 0 bridgehead atoms. The normalized spacial score (nSPS) is 11.8. The van der Waals surface area contributed by atoms with Crippen LogP contribution in [0.25, 0.3) is 15.0 Å². The summed E-state index contributed by atoms with van der Waals surface area (Å²) in [5.41, 5.74) is 2.85. The monoisotopic (exact) mass is 381 g/mol. The second-order valence-electron chi connectivity index (χ2n) is 5.77. The summed E-state index contributed by atoms with van der Waals surface area (Å²) in [5.74, 6) is 0.360. The van der Waals surface area contributed by atoms with Crippen LogP contribution in [0, 0.1) is 6.92 Å². The number of carbonyl (C=O) groups is 1. The van der Waals surface area contributed by atoms with Gasteiger partial charge < -0.3 is 14.8 Å². The number of amides is 1. The van der Waals surface area contributed by atoms with Crippen LogP contribution >= 0.6 is 22.7 Å². The fourth-order valence-electron chi connectivity index (χ4n) is 2.63. The van der Waals surface area contributed by atoms with Crippen molar-refractivity contribution >= 4 is 43.6 Å². The second kappa shape index (κ2) is 6.82. The highest BCUT2D eigenvalue weighted by Crippen LogP contribution is 2.40. The summed E-state index contributed by atoms with van der Waals surface area (Å²) in [5, 5.41) is 15.0. The van der Waals surface area contributed by atoms with Gasteiger partial charge in [-0.1, -0.05) is 29.8 Å². The summed E-state index contributed by atoms with van der Waals surface area (Å²) >= 11 is 2.70. The van der Waals surface area contributed by atoms with Gasteiger partial charge in [0.15, 0.2) is 5.75 Å². The third-order valence-corrected chi connectivity index (χ3v) is 6.17. The molecule has 4 aromatic rings. The molecule has 26 heavy (non-hydrogen) atoms. The maximum atomic E-state index is 12.6. The van der Waals surface area contributed by atoms with Crippen molar-refractivity contribution < 1.29 is 14.3 Å². The number of fused-ring (bicyclic) bond motifs is 1. The summed E-state index contributed by atoms with van der Waals surface area (Å²) < 4.78 is 7.17. The number of aryl methyl sites for hydroxylation is 1. The van der Waals surface area contributed by atoms with Crippen LogP contribution in [0.15, 0.2) is 64.7 Å². The van der Waals surface area contributed by atoms with Gasteiger partial charge in [-0.25, -0.2) is 0 Å². The molecule has 1 aromatic carbocycles. The van der Waals surface area contributed by atoms with Gasteiger partial charge in [0.05, 0.1) is 11.0 Å². The van der Waals surface area contributed by atoms with Crippen LogP contribution < -0.4 is 5.32 Å². The van der Waals surface area contributed by atoms with E-state index in [0.29, 0.717) is 10.6 Å². The van der Waals surface area contributed by atoms with E-state index in [-0.39, 0.29) is 11.7 Å². The molecule has 6 heteroatoms. The number of hydrogen-bond acceptors (Lipinski definition) is 5. The van der Waals surface area contributed by atoms with E-state index in [1.807, 2.05) is 48.7 Å². The second-order valence-corrected chi connectivity index (χ2v) is 7.74. The van der Waals surface area contributed by atoms with E-state index < -0.39 is 0 Å². The Morgan fingerprint density at radius 2 is 2.00 bits per heavy atom. The number of aromatic hydroxyl groups is 1. The molecule has 0 unspecified atom stereocenters. The third-order valence-electron chi connectivity index (χ3n) is 3.97. The lowest BCUT2D eigenvalue weighted by molar-refractivity contribution is 0.0972. The van der Waals surface area contributed by atoms with E-state index in [1.165, 1.54) is 22.7 Å². The molecule has 0 saturated heterocycles. The topological polar surface area (TPSA) is 62.5 Å². The SMILES string of the molecule is Cc1ccc(C(=CNC(=O)c2sc3ccsc3c2O)c2ccco2)cc1. The van der Waals surface area contributed by atoms with Crippen LogP contribution in [0.2, 0.25) is 0 Å². The molecule has 0 aliphatic heterocycles. The minimum atomic E-state index is -0.341. The lowest BCUT2D eigenvalue weighted by atomic mass is 10.0. The zero-order chi connectivity index (χ0) is 18.1. The predicted octanol–water partition coefficient (Wildman–Crippen LogP) is 5.39. The molecular weight excluding hydrogens is 366 g/mol. The Morgan fingerprint density at radius 3 is 2.69 bits per heavy atom. The smallest absolute Gasteiger partial charge is 0.269 e. The van der Waals surface area contributed by atoms with Crippen LogP contribution in [-0.4, -0.2) is 11.0 Å². The van der Waals surface area contributed by atoms with Crippen molar-refractivity contribution in [2.24, 2.45) is 0 Å². The van der Waals surface area contributed by atoms with Gasteiger partial charge in [0, 0.05) is 16.5 Å². The van der Waals surface area contributed by atoms with Crippen LogP contribution in [-0.2, 0) is 0 Å². The fraction of sp³-hybridized carbons (Fsp3) is 0.0500. The fourth-order valence-corrected chi connectivity index (χ4v) is 4.68. The van der Waals surface area contributed by atoms with Gasteiger partial charge in [0.1, 0.15) is 10.6 Å². The Labute approximate surface area is 158 Å². The quantitative estimate of drug-likeness (QED) is 0.498. The lowest BCUT2D eigenvalue weighted by Gasteiger charge is -2.07. The first-order valence-corrected chi connectivity index (χ1v) is 9.64. The zero-order valence-corrected chi connectivity index (χ0v) is 15.5. The van der Waals surface area contributed by atoms with Gasteiger partial charge >= 0.3 is 0 Å². The molecule has 0 aliphatic carbocycles. The summed E-state index contributed by atoms with van der Waals surface area (Å²) in [6, 6.07) is 13.5. The van der Waals surface area contributed by atoms with Crippen molar-refractivity contribution in [1.82, 2.24) is 5.32 Å². The minimum Gasteiger partial charge on any atom is -0.505 e. The van der Waals surface area contributed by atoms with Crippen LogP contribution in [0.1, 0.15) is 26.6 Å². The summed E-state index contributed by atoms with van der Waals surface area (Å²) in [6.07, 6.45) is 3.22. The summed E-state index contributed by atoms with van der Waals surface area (Å²) in [4.78, 5) is 12.9. The molecule has 0 radical (unpaired) electrons. The maximum Gasteiger partial charge on any atom is 0.269 e. The molecule has 2 N–H and O–H groups in total. The molecule has 1 amide bonds. The number of benzene rings is 1. The predicted molar refractivity (Wildman–Crippen MR) is 106 cm³/mol. The van der Waals surface area contributed by atoms with Gasteiger partial charge in [-0.3, -0.25) is 4.79 Å². The van der Waals surface area contributed by atoms with E-state index in [9.17, 15) is 9.90 Å². The highest BCUT2D eigenvalue weighted by atomic mass is 32.1. The molecule has 130 valence electrons. The van der Waals surface area contributed by atoms with E-state index in [1.54, 1.807) is 18.5 Å². The van der Waals surface area contributed by atoms with Gasteiger partial charge in [-0.2, -0.15) is 0 Å². The zero-order valence-electron chi connectivity index (χ0n) is 13.9. The van der Waals surface area contributed by atoms with E-state index in [2.05, 4.69) is 5.32 Å². The number of hydrogen-bond donors (Lipinski definition) is 2. The average Bonchev–Trinajstić information content (AvgIpc) is 3.36. The molecule has 0 saturated carbocycles. The molecule has 0 atom stereocenters. The maximum absolute atomic E-state index is 12.6. The lowest BCUT2D eigenvalue weighted by Crippen LogP contribution is -2.16. The third kappa shape index (κ3) is 3.05. The molecule has 3 heterocycles. The van der Waals surface area contributed by atoms with Crippen molar-refractivity contribution in [3.05, 3.63) is 82.1 Å². The van der Waals surface area contributed by atoms with Crippen molar-refractivity contribution in [3.8, 4) is 5.75 Å². The first-order chi connectivity index (χ1) is 12.6. The highest BCUT2D eigenvalue weighted by Gasteiger charge is 2.18.